The molecule has 6 heteroatoms. The predicted octanol–water partition coefficient (Wildman–Crippen LogP) is 4.25. The summed E-state index contributed by atoms with van der Waals surface area (Å²) < 4.78 is 1.83. The first kappa shape index (κ1) is 19.7. The molecule has 1 aromatic carbocycles. The monoisotopic (exact) mass is 387 g/mol. The quantitative estimate of drug-likeness (QED) is 0.643. The summed E-state index contributed by atoms with van der Waals surface area (Å²) in [6.45, 7) is 12.1. The molecule has 3 aromatic rings. The summed E-state index contributed by atoms with van der Waals surface area (Å²) in [7, 11) is 3.12. The summed E-state index contributed by atoms with van der Waals surface area (Å²) in [4.78, 5) is 7.18. The van der Waals surface area contributed by atoms with E-state index in [1.54, 1.807) is 0 Å². The van der Waals surface area contributed by atoms with E-state index in [9.17, 15) is 0 Å². The number of nitrogens with one attached hydrogen (secondary N) is 1. The highest BCUT2D eigenvalue weighted by molar-refractivity contribution is 6.35. The first-order valence-corrected chi connectivity index (χ1v) is 10.5. The molecular formula is C23H30BN5. The van der Waals surface area contributed by atoms with Gasteiger partial charge in [-0.25, -0.2) is 4.98 Å². The molecule has 1 atom stereocenters. The Kier molecular flexibility index (Phi) is 5.22. The fourth-order valence-electron chi connectivity index (χ4n) is 4.47. The Morgan fingerprint density at radius 2 is 2.07 bits per heavy atom. The maximum atomic E-state index is 4.60. The van der Waals surface area contributed by atoms with Crippen molar-refractivity contribution in [3.05, 3.63) is 55.1 Å². The maximum absolute atomic E-state index is 4.60. The molecule has 4 rings (SSSR count). The highest BCUT2D eigenvalue weighted by Gasteiger charge is 2.38. The van der Waals surface area contributed by atoms with Crippen LogP contribution < -0.4 is 5.32 Å². The Balaban J connectivity index is 1.52. The van der Waals surface area contributed by atoms with Crippen molar-refractivity contribution >= 4 is 23.9 Å². The fourth-order valence-corrected chi connectivity index (χ4v) is 4.47. The van der Waals surface area contributed by atoms with Gasteiger partial charge in [0.25, 0.3) is 0 Å². The summed E-state index contributed by atoms with van der Waals surface area (Å²) in [5.41, 5.74) is 3.49. The van der Waals surface area contributed by atoms with Crippen LogP contribution >= 0.6 is 0 Å². The molecule has 0 bridgehead atoms. The van der Waals surface area contributed by atoms with Crippen molar-refractivity contribution in [2.75, 3.05) is 11.9 Å². The van der Waals surface area contributed by atoms with E-state index < -0.39 is 0 Å². The number of rotatable bonds is 6. The normalized spacial score (nSPS) is 18.8. The van der Waals surface area contributed by atoms with Gasteiger partial charge in [-0.1, -0.05) is 25.5 Å². The van der Waals surface area contributed by atoms with Crippen LogP contribution in [0.1, 0.15) is 26.7 Å². The van der Waals surface area contributed by atoms with Crippen molar-refractivity contribution in [1.29, 1.82) is 0 Å². The van der Waals surface area contributed by atoms with Crippen LogP contribution in [0.25, 0.3) is 21.9 Å². The van der Waals surface area contributed by atoms with Gasteiger partial charge in [0.15, 0.2) is 0 Å². The van der Waals surface area contributed by atoms with Crippen molar-refractivity contribution in [3.63, 3.8) is 0 Å². The molecule has 3 heterocycles. The summed E-state index contributed by atoms with van der Waals surface area (Å²) in [6, 6.07) is 8.53. The van der Waals surface area contributed by atoms with Crippen molar-refractivity contribution in [3.8, 4) is 11.1 Å². The SMILES string of the molecule is C=C(CN1C(BC)CCC1(C)C)Nc1cc2cc(-c3cnn(C)c3)ccc2cn1. The van der Waals surface area contributed by atoms with Gasteiger partial charge in [0, 0.05) is 48.2 Å². The van der Waals surface area contributed by atoms with Crippen LogP contribution in [0.4, 0.5) is 5.82 Å². The van der Waals surface area contributed by atoms with E-state index >= 15 is 0 Å². The molecule has 2 aromatic heterocycles. The van der Waals surface area contributed by atoms with E-state index in [4.69, 9.17) is 0 Å². The minimum atomic E-state index is 0.223. The van der Waals surface area contributed by atoms with Crippen LogP contribution in [-0.4, -0.2) is 45.0 Å². The fraction of sp³-hybridized carbons (Fsp3) is 0.391. The van der Waals surface area contributed by atoms with Crippen molar-refractivity contribution < 1.29 is 0 Å². The van der Waals surface area contributed by atoms with Crippen molar-refractivity contribution in [2.45, 2.75) is 45.0 Å². The van der Waals surface area contributed by atoms with Crippen molar-refractivity contribution in [2.24, 2.45) is 7.05 Å². The van der Waals surface area contributed by atoms with E-state index in [1.165, 1.54) is 20.1 Å². The van der Waals surface area contributed by atoms with Crippen LogP contribution in [0.3, 0.4) is 0 Å². The number of hydrogen-bond donors (Lipinski definition) is 1. The Hall–Kier alpha value is -2.60. The van der Waals surface area contributed by atoms with E-state index in [2.05, 4.69) is 71.8 Å². The van der Waals surface area contributed by atoms with Gasteiger partial charge >= 0.3 is 0 Å². The molecule has 0 amide bonds. The number of likely N-dealkylation sites (tertiary alicyclic amines) is 1. The molecule has 1 aliphatic heterocycles. The Bertz CT molecular complexity index is 1040. The lowest BCUT2D eigenvalue weighted by Crippen LogP contribution is -2.46. The number of benzene rings is 1. The minimum absolute atomic E-state index is 0.223. The number of hydrogen-bond acceptors (Lipinski definition) is 4. The molecule has 1 unspecified atom stereocenters. The van der Waals surface area contributed by atoms with Gasteiger partial charge in [-0.2, -0.15) is 5.10 Å². The van der Waals surface area contributed by atoms with E-state index in [-0.39, 0.29) is 5.54 Å². The number of nitrogens with zero attached hydrogens (tertiary/aromatic N) is 4. The Morgan fingerprint density at radius 3 is 2.79 bits per heavy atom. The molecule has 0 aliphatic carbocycles. The molecule has 1 fully saturated rings. The van der Waals surface area contributed by atoms with Crippen LogP contribution in [0, 0.1) is 0 Å². The van der Waals surface area contributed by atoms with Crippen LogP contribution in [0.2, 0.25) is 6.82 Å². The standard InChI is InChI=1S/C23H30BN5/c1-16(14-29-21(24-4)8-9-23(29,2)3)27-22-11-19-10-17(6-7-18(19)12-25-22)20-13-26-28(5)15-20/h6-7,10-13,15,21,24H,1,8-9,14H2,2-5H3,(H,25,27). The summed E-state index contributed by atoms with van der Waals surface area (Å²) in [5.74, 6) is 1.48. The zero-order valence-corrected chi connectivity index (χ0v) is 17.9. The molecule has 1 aliphatic rings. The average Bonchev–Trinajstić information content (AvgIpc) is 3.24. The van der Waals surface area contributed by atoms with Crippen LogP contribution in [0.15, 0.2) is 55.1 Å². The van der Waals surface area contributed by atoms with Gasteiger partial charge < -0.3 is 5.32 Å². The number of fused-ring (bicyclic) bond motifs is 1. The van der Waals surface area contributed by atoms with Gasteiger partial charge in [0.1, 0.15) is 13.1 Å². The molecule has 1 N–H and O–H groups in total. The number of aryl methyl sites for hydroxylation is 1. The summed E-state index contributed by atoms with van der Waals surface area (Å²) in [6.07, 6.45) is 8.36. The molecule has 29 heavy (non-hydrogen) atoms. The topological polar surface area (TPSA) is 46.0 Å². The van der Waals surface area contributed by atoms with Gasteiger partial charge in [0.2, 0.25) is 0 Å². The Morgan fingerprint density at radius 1 is 1.24 bits per heavy atom. The second-order valence-corrected chi connectivity index (χ2v) is 8.80. The van der Waals surface area contributed by atoms with Gasteiger partial charge in [-0.3, -0.25) is 9.58 Å². The highest BCUT2D eigenvalue weighted by Crippen LogP contribution is 2.33. The van der Waals surface area contributed by atoms with Gasteiger partial charge in [-0.05, 0) is 55.7 Å². The number of aromatic nitrogens is 3. The van der Waals surface area contributed by atoms with Crippen molar-refractivity contribution in [1.82, 2.24) is 19.7 Å². The first-order chi connectivity index (χ1) is 13.9. The van der Waals surface area contributed by atoms with Gasteiger partial charge in [-0.15, -0.1) is 0 Å². The minimum Gasteiger partial charge on any atom is -0.343 e. The Labute approximate surface area is 174 Å². The summed E-state index contributed by atoms with van der Waals surface area (Å²) in [5, 5.41) is 10.0. The molecule has 1 saturated heterocycles. The lowest BCUT2D eigenvalue weighted by molar-refractivity contribution is 0.175. The van der Waals surface area contributed by atoms with E-state index in [0.717, 1.165) is 40.0 Å². The second-order valence-electron chi connectivity index (χ2n) is 8.80. The third-order valence-electron chi connectivity index (χ3n) is 6.20. The molecule has 5 nitrogen and oxygen atoms in total. The molecular weight excluding hydrogens is 357 g/mol. The first-order valence-electron chi connectivity index (χ1n) is 10.5. The molecule has 150 valence electrons. The van der Waals surface area contributed by atoms with Crippen LogP contribution in [-0.2, 0) is 7.05 Å². The van der Waals surface area contributed by atoms with Gasteiger partial charge in [0.05, 0.1) is 6.20 Å². The van der Waals surface area contributed by atoms with E-state index in [1.807, 2.05) is 30.3 Å². The third kappa shape index (κ3) is 4.08. The maximum Gasteiger partial charge on any atom is 0.139 e. The van der Waals surface area contributed by atoms with E-state index in [0.29, 0.717) is 5.94 Å². The zero-order valence-electron chi connectivity index (χ0n) is 17.9. The lowest BCUT2D eigenvalue weighted by atomic mass is 9.71. The third-order valence-corrected chi connectivity index (χ3v) is 6.20. The number of anilines is 1. The average molecular weight is 387 g/mol. The smallest absolute Gasteiger partial charge is 0.139 e. The summed E-state index contributed by atoms with van der Waals surface area (Å²) >= 11 is 0. The lowest BCUT2D eigenvalue weighted by Gasteiger charge is -2.36. The second kappa shape index (κ2) is 7.67. The highest BCUT2D eigenvalue weighted by atomic mass is 15.2. The van der Waals surface area contributed by atoms with Crippen LogP contribution in [0.5, 0.6) is 0 Å². The molecule has 0 spiro atoms. The largest absolute Gasteiger partial charge is 0.343 e. The molecule has 0 radical (unpaired) electrons. The molecule has 0 saturated carbocycles. The predicted molar refractivity (Wildman–Crippen MR) is 124 cm³/mol. The zero-order chi connectivity index (χ0) is 20.6. The number of pyridine rings is 1.